The van der Waals surface area contributed by atoms with Crippen molar-refractivity contribution in [3.63, 3.8) is 0 Å². The Balaban J connectivity index is 1.55. The van der Waals surface area contributed by atoms with E-state index in [2.05, 4.69) is 0 Å². The molecule has 0 aliphatic carbocycles. The number of aliphatic hydroxyl groups is 1. The number of Topliss-reactive ketones (excluding diaryl/α,β-unsaturated/α-hetero) is 2. The fraction of sp³-hybridized carbons (Fsp3) is 0.200. The highest BCUT2D eigenvalue weighted by molar-refractivity contribution is 6.47. The van der Waals surface area contributed by atoms with Crippen LogP contribution in [0.15, 0.2) is 42.5 Å². The van der Waals surface area contributed by atoms with Crippen LogP contribution in [0.1, 0.15) is 45.2 Å². The fourth-order valence-corrected chi connectivity index (χ4v) is 4.50. The van der Waals surface area contributed by atoms with Gasteiger partial charge in [-0.3, -0.25) is 9.59 Å². The molecule has 10 heteroatoms. The van der Waals surface area contributed by atoms with Crippen molar-refractivity contribution in [2.45, 2.75) is 18.1 Å². The Morgan fingerprint density at radius 2 is 1.66 bits per heavy atom. The molecule has 5 N–H and O–H groups in total. The van der Waals surface area contributed by atoms with Gasteiger partial charge in [-0.25, -0.2) is 0 Å². The molecule has 5 rings (SSSR count). The zero-order valence-electron chi connectivity index (χ0n) is 18.3. The molecule has 2 aliphatic heterocycles. The number of hydrogen-bond acceptors (Lipinski definition) is 10. The monoisotopic (exact) mass is 480 g/mol. The molecule has 2 heterocycles. The van der Waals surface area contributed by atoms with Crippen LogP contribution in [0.4, 0.5) is 0 Å². The smallest absolute Gasteiger partial charge is 0.248 e. The highest BCUT2D eigenvalue weighted by Gasteiger charge is 2.42. The van der Waals surface area contributed by atoms with Gasteiger partial charge in [-0.1, -0.05) is 6.07 Å². The summed E-state index contributed by atoms with van der Waals surface area (Å²) < 4.78 is 16.7. The first-order valence-corrected chi connectivity index (χ1v) is 10.6. The summed E-state index contributed by atoms with van der Waals surface area (Å²) in [5, 5.41) is 50.5. The molecule has 0 aromatic heterocycles. The summed E-state index contributed by atoms with van der Waals surface area (Å²) in [7, 11) is 1.39. The Kier molecular flexibility index (Phi) is 5.17. The van der Waals surface area contributed by atoms with E-state index in [0.29, 0.717) is 11.1 Å². The van der Waals surface area contributed by atoms with Gasteiger partial charge in [0.2, 0.25) is 11.6 Å². The van der Waals surface area contributed by atoms with E-state index in [9.17, 15) is 35.1 Å². The number of carbonyl (C=O) groups is 2. The van der Waals surface area contributed by atoms with Gasteiger partial charge in [-0.15, -0.1) is 0 Å². The van der Waals surface area contributed by atoms with Gasteiger partial charge >= 0.3 is 0 Å². The van der Waals surface area contributed by atoms with Gasteiger partial charge in [0.05, 0.1) is 19.6 Å². The number of rotatable bonds is 4. The van der Waals surface area contributed by atoms with Gasteiger partial charge in [-0.05, 0) is 29.8 Å². The zero-order valence-corrected chi connectivity index (χ0v) is 18.3. The third kappa shape index (κ3) is 3.46. The van der Waals surface area contributed by atoms with Gasteiger partial charge in [0.1, 0.15) is 28.9 Å². The van der Waals surface area contributed by atoms with Crippen LogP contribution in [-0.4, -0.2) is 50.8 Å². The van der Waals surface area contributed by atoms with Crippen molar-refractivity contribution in [1.82, 2.24) is 0 Å². The van der Waals surface area contributed by atoms with Crippen LogP contribution in [0.3, 0.4) is 0 Å². The first-order chi connectivity index (χ1) is 16.7. The number of phenolic OH excluding ortho intramolecular Hbond substituents is 4. The van der Waals surface area contributed by atoms with Crippen molar-refractivity contribution in [2.75, 3.05) is 13.7 Å². The molecule has 3 atom stereocenters. The number of hydrogen-bond donors (Lipinski definition) is 5. The molecule has 0 spiro atoms. The third-order valence-corrected chi connectivity index (χ3v) is 6.16. The summed E-state index contributed by atoms with van der Waals surface area (Å²) in [5.74, 6) is -3.89. The van der Waals surface area contributed by atoms with E-state index in [4.69, 9.17) is 14.2 Å². The highest BCUT2D eigenvalue weighted by Crippen LogP contribution is 2.52. The van der Waals surface area contributed by atoms with Crippen LogP contribution >= 0.6 is 0 Å². The van der Waals surface area contributed by atoms with Crippen LogP contribution < -0.4 is 14.2 Å². The molecule has 0 bridgehead atoms. The topological polar surface area (TPSA) is 163 Å². The van der Waals surface area contributed by atoms with Crippen molar-refractivity contribution in [3.8, 4) is 40.2 Å². The van der Waals surface area contributed by atoms with E-state index in [1.165, 1.54) is 25.3 Å². The zero-order chi connectivity index (χ0) is 25.0. The van der Waals surface area contributed by atoms with Crippen molar-refractivity contribution in [1.29, 1.82) is 0 Å². The second-order valence-electron chi connectivity index (χ2n) is 8.25. The van der Waals surface area contributed by atoms with Gasteiger partial charge < -0.3 is 39.7 Å². The quantitative estimate of drug-likeness (QED) is 0.351. The van der Waals surface area contributed by atoms with E-state index in [0.717, 1.165) is 12.1 Å². The second-order valence-corrected chi connectivity index (χ2v) is 8.25. The summed E-state index contributed by atoms with van der Waals surface area (Å²) in [4.78, 5) is 25.5. The lowest BCUT2D eigenvalue weighted by atomic mass is 9.88. The molecule has 3 aromatic carbocycles. The van der Waals surface area contributed by atoms with Crippen molar-refractivity contribution in [3.05, 3.63) is 64.7 Å². The van der Waals surface area contributed by atoms with Gasteiger partial charge in [0.15, 0.2) is 29.1 Å². The predicted octanol–water partition coefficient (Wildman–Crippen LogP) is 2.61. The lowest BCUT2D eigenvalue weighted by Gasteiger charge is -2.25. The molecule has 0 saturated carbocycles. The number of carbonyl (C=O) groups excluding carboxylic acids is 2. The van der Waals surface area contributed by atoms with E-state index < -0.39 is 35.4 Å². The first kappa shape index (κ1) is 22.4. The number of fused-ring (bicyclic) bond motifs is 2. The highest BCUT2D eigenvalue weighted by atomic mass is 16.5. The molecule has 2 aliphatic rings. The standard InChI is InChI=1S/C25H20O10/c1-33-18-6-10(2-3-15(18)28)23-14(9-26)13-4-11(5-17(30)25(13)35-23)24-22(32)21(31)20-16(29)7-12(27)8-19(20)34-24/h2-8,14,23-24,26-30H,9H2,1H3/t14-,23+,24?/m1/s1. The van der Waals surface area contributed by atoms with Gasteiger partial charge in [0.25, 0.3) is 0 Å². The maximum absolute atomic E-state index is 12.8. The lowest BCUT2D eigenvalue weighted by molar-refractivity contribution is -0.122. The molecule has 0 fully saturated rings. The average molecular weight is 480 g/mol. The molecular weight excluding hydrogens is 460 g/mol. The molecule has 0 radical (unpaired) electrons. The van der Waals surface area contributed by atoms with E-state index in [1.54, 1.807) is 12.1 Å². The Morgan fingerprint density at radius 1 is 0.886 bits per heavy atom. The van der Waals surface area contributed by atoms with E-state index in [1.807, 2.05) is 0 Å². The molecular formula is C25H20O10. The summed E-state index contributed by atoms with van der Waals surface area (Å²) >= 11 is 0. The normalized spacial score (nSPS) is 20.6. The van der Waals surface area contributed by atoms with E-state index in [-0.39, 0.29) is 52.2 Å². The minimum Gasteiger partial charge on any atom is -0.508 e. The molecule has 10 nitrogen and oxygen atoms in total. The minimum absolute atomic E-state index is 0.0765. The summed E-state index contributed by atoms with van der Waals surface area (Å²) in [6, 6.07) is 9.31. The molecule has 0 saturated heterocycles. The van der Waals surface area contributed by atoms with Gasteiger partial charge in [0, 0.05) is 23.3 Å². The predicted molar refractivity (Wildman–Crippen MR) is 118 cm³/mol. The first-order valence-electron chi connectivity index (χ1n) is 10.6. The van der Waals surface area contributed by atoms with Crippen LogP contribution in [0.2, 0.25) is 0 Å². The number of ketones is 2. The Bertz CT molecular complexity index is 1380. The average Bonchev–Trinajstić information content (AvgIpc) is 3.20. The SMILES string of the molecule is COc1cc([C@@H]2Oc3c(O)cc(C4Oc5cc(O)cc(O)c5C(=O)C4=O)cc3[C@H]2CO)ccc1O. The fourth-order valence-electron chi connectivity index (χ4n) is 4.50. The summed E-state index contributed by atoms with van der Waals surface area (Å²) in [6.07, 6.45) is -2.20. The second kappa shape index (κ2) is 8.10. The van der Waals surface area contributed by atoms with Crippen LogP contribution in [0, 0.1) is 0 Å². The number of benzene rings is 3. The van der Waals surface area contributed by atoms with Crippen LogP contribution in [0.5, 0.6) is 40.2 Å². The summed E-state index contributed by atoms with van der Waals surface area (Å²) in [6.45, 7) is -0.382. The molecule has 3 aromatic rings. The Labute approximate surface area is 198 Å². The third-order valence-electron chi connectivity index (χ3n) is 6.16. The molecule has 0 amide bonds. The Morgan fingerprint density at radius 3 is 2.37 bits per heavy atom. The molecule has 1 unspecified atom stereocenters. The molecule has 180 valence electrons. The van der Waals surface area contributed by atoms with Gasteiger partial charge in [-0.2, -0.15) is 0 Å². The number of aliphatic hydroxyl groups excluding tert-OH is 1. The maximum atomic E-state index is 12.8. The lowest BCUT2D eigenvalue weighted by Crippen LogP contribution is -2.31. The largest absolute Gasteiger partial charge is 0.508 e. The number of ether oxygens (including phenoxy) is 3. The van der Waals surface area contributed by atoms with E-state index >= 15 is 0 Å². The van der Waals surface area contributed by atoms with Crippen molar-refractivity contribution < 1.29 is 49.3 Å². The van der Waals surface area contributed by atoms with Crippen LogP contribution in [-0.2, 0) is 4.79 Å². The maximum Gasteiger partial charge on any atom is 0.248 e. The van der Waals surface area contributed by atoms with Crippen LogP contribution in [0.25, 0.3) is 0 Å². The number of methoxy groups -OCH3 is 1. The number of phenols is 4. The number of aromatic hydroxyl groups is 4. The Hall–Kier alpha value is -4.44. The van der Waals surface area contributed by atoms with Crippen molar-refractivity contribution >= 4 is 11.6 Å². The van der Waals surface area contributed by atoms with Crippen molar-refractivity contribution in [2.24, 2.45) is 0 Å². The molecule has 35 heavy (non-hydrogen) atoms. The summed E-state index contributed by atoms with van der Waals surface area (Å²) in [5.41, 5.74) is 0.718. The minimum atomic E-state index is -1.46.